The number of nitrogens with zero attached hydrogens (tertiary/aromatic N) is 2. The van der Waals surface area contributed by atoms with Crippen LogP contribution in [0.1, 0.15) is 38.1 Å². The molecule has 0 aliphatic carbocycles. The number of halogens is 6. The van der Waals surface area contributed by atoms with Crippen molar-refractivity contribution in [3.63, 3.8) is 0 Å². The third-order valence-electron chi connectivity index (χ3n) is 7.20. The van der Waals surface area contributed by atoms with E-state index in [1.165, 1.54) is 35.6 Å². The van der Waals surface area contributed by atoms with E-state index in [4.69, 9.17) is 9.72 Å². The molecule has 1 aromatic heterocycles. The number of hydrogen-bond acceptors (Lipinski definition) is 6. The number of benzene rings is 4. The third kappa shape index (κ3) is 7.97. The number of alkyl halides is 6. The highest BCUT2D eigenvalue weighted by atomic mass is 32.2. The van der Waals surface area contributed by atoms with Crippen molar-refractivity contribution < 1.29 is 31.1 Å². The van der Waals surface area contributed by atoms with Crippen LogP contribution in [0, 0.1) is 18.8 Å². The quantitative estimate of drug-likeness (QED) is 0.0842. The number of thioether (sulfide) groups is 1. The number of thiazole rings is 1. The van der Waals surface area contributed by atoms with Crippen molar-refractivity contribution in [1.29, 1.82) is 0 Å². The van der Waals surface area contributed by atoms with E-state index in [0.717, 1.165) is 56.4 Å². The first-order valence-corrected chi connectivity index (χ1v) is 15.6. The fraction of sp³-hybridized carbons (Fsp3) is 0.206. The van der Waals surface area contributed by atoms with E-state index < -0.39 is 23.5 Å². The second kappa shape index (κ2) is 13.7. The van der Waals surface area contributed by atoms with Crippen LogP contribution in [0.25, 0.3) is 21.7 Å². The van der Waals surface area contributed by atoms with Crippen LogP contribution in [0.4, 0.5) is 26.3 Å². The fourth-order valence-electron chi connectivity index (χ4n) is 4.84. The zero-order valence-electron chi connectivity index (χ0n) is 24.4. The van der Waals surface area contributed by atoms with Crippen LogP contribution in [0.15, 0.2) is 101 Å². The molecule has 0 saturated heterocycles. The monoisotopic (exact) mass is 672 g/mol. The number of aromatic nitrogens is 1. The molecule has 0 aliphatic rings. The van der Waals surface area contributed by atoms with E-state index in [2.05, 4.69) is 5.18 Å². The van der Waals surface area contributed by atoms with Gasteiger partial charge in [-0.05, 0) is 90.2 Å². The molecule has 46 heavy (non-hydrogen) atoms. The molecule has 238 valence electrons. The van der Waals surface area contributed by atoms with Crippen molar-refractivity contribution >= 4 is 23.1 Å². The number of ether oxygens (including phenoxy) is 1. The van der Waals surface area contributed by atoms with Gasteiger partial charge in [0.15, 0.2) is 0 Å². The highest BCUT2D eigenvalue weighted by molar-refractivity contribution is 7.99. The summed E-state index contributed by atoms with van der Waals surface area (Å²) in [6.45, 7) is 3.43. The van der Waals surface area contributed by atoms with Crippen LogP contribution >= 0.6 is 23.1 Å². The van der Waals surface area contributed by atoms with Gasteiger partial charge < -0.3 is 4.74 Å². The Balaban J connectivity index is 1.44. The lowest BCUT2D eigenvalue weighted by Gasteiger charge is -2.18. The second-order valence-corrected chi connectivity index (χ2v) is 12.8. The summed E-state index contributed by atoms with van der Waals surface area (Å²) in [5.74, 6) is 0.540. The molecule has 1 unspecified atom stereocenters. The van der Waals surface area contributed by atoms with Crippen molar-refractivity contribution in [3.05, 3.63) is 129 Å². The maximum absolute atomic E-state index is 13.1. The average Bonchev–Trinajstić information content (AvgIpc) is 3.41. The minimum Gasteiger partial charge on any atom is -0.468 e. The summed E-state index contributed by atoms with van der Waals surface area (Å²) in [6.07, 6.45) is -8.27. The average molecular weight is 673 g/mol. The van der Waals surface area contributed by atoms with E-state index in [9.17, 15) is 31.2 Å². The molecular weight excluding hydrogens is 647 g/mol. The SMILES string of the molecule is Cc1cc(SC(Cc2ccc(-c3ccc(C(F)(F)F)cc3)cc2)c2sc(-c3ccc(C(F)(F)F)cc3)nc2C)ccc1OCN=O. The van der Waals surface area contributed by atoms with Crippen molar-refractivity contribution in [3.8, 4) is 27.4 Å². The summed E-state index contributed by atoms with van der Waals surface area (Å²) in [6, 6.07) is 23.1. The van der Waals surface area contributed by atoms with Crippen molar-refractivity contribution in [1.82, 2.24) is 4.98 Å². The molecule has 0 amide bonds. The molecule has 5 rings (SSSR count). The molecule has 4 nitrogen and oxygen atoms in total. The Bertz CT molecular complexity index is 1800. The Morgan fingerprint density at radius 1 is 0.783 bits per heavy atom. The molecule has 1 heterocycles. The van der Waals surface area contributed by atoms with Gasteiger partial charge >= 0.3 is 12.4 Å². The summed E-state index contributed by atoms with van der Waals surface area (Å²) in [5.41, 5.74) is 3.13. The summed E-state index contributed by atoms with van der Waals surface area (Å²) >= 11 is 3.01. The molecule has 5 aromatic rings. The third-order valence-corrected chi connectivity index (χ3v) is 9.88. The van der Waals surface area contributed by atoms with Gasteiger partial charge in [0.2, 0.25) is 6.73 Å². The predicted octanol–water partition coefficient (Wildman–Crippen LogP) is 11.3. The predicted molar refractivity (Wildman–Crippen MR) is 169 cm³/mol. The first-order valence-electron chi connectivity index (χ1n) is 13.9. The Hall–Kier alpha value is -4.16. The fourth-order valence-corrected chi connectivity index (χ4v) is 7.45. The topological polar surface area (TPSA) is 51.6 Å². The summed E-state index contributed by atoms with van der Waals surface area (Å²) in [4.78, 5) is 17.1. The second-order valence-electron chi connectivity index (χ2n) is 10.5. The van der Waals surface area contributed by atoms with Crippen LogP contribution in [0.2, 0.25) is 0 Å². The van der Waals surface area contributed by atoms with Crippen molar-refractivity contribution in [2.45, 2.75) is 42.8 Å². The summed E-state index contributed by atoms with van der Waals surface area (Å²) in [7, 11) is 0. The molecule has 0 N–H and O–H groups in total. The van der Waals surface area contributed by atoms with E-state index in [1.54, 1.807) is 17.8 Å². The van der Waals surface area contributed by atoms with Crippen molar-refractivity contribution in [2.24, 2.45) is 5.18 Å². The molecule has 0 spiro atoms. The van der Waals surface area contributed by atoms with Crippen molar-refractivity contribution in [2.75, 3.05) is 6.73 Å². The minimum absolute atomic E-state index is 0.138. The van der Waals surface area contributed by atoms with Crippen LogP contribution in [0.3, 0.4) is 0 Å². The maximum atomic E-state index is 13.1. The first kappa shape index (κ1) is 33.2. The maximum Gasteiger partial charge on any atom is 0.416 e. The molecule has 0 aliphatic heterocycles. The number of rotatable bonds is 10. The molecule has 1 atom stereocenters. The molecular formula is C34H26F6N2O2S2. The smallest absolute Gasteiger partial charge is 0.416 e. The Kier molecular flexibility index (Phi) is 9.88. The van der Waals surface area contributed by atoms with Crippen LogP contribution in [0.5, 0.6) is 5.75 Å². The van der Waals surface area contributed by atoms with Gasteiger partial charge in [-0.25, -0.2) is 4.98 Å². The number of hydrogen-bond donors (Lipinski definition) is 0. The molecule has 0 saturated carbocycles. The lowest BCUT2D eigenvalue weighted by atomic mass is 10.0. The van der Waals surface area contributed by atoms with Gasteiger partial charge in [-0.3, -0.25) is 0 Å². The van der Waals surface area contributed by atoms with E-state index in [1.807, 2.05) is 50.2 Å². The van der Waals surface area contributed by atoms with Gasteiger partial charge in [-0.15, -0.1) is 28.0 Å². The zero-order chi connectivity index (χ0) is 33.1. The van der Waals surface area contributed by atoms with Gasteiger partial charge in [-0.1, -0.05) is 48.5 Å². The Labute approximate surface area is 269 Å². The van der Waals surface area contributed by atoms with Crippen LogP contribution in [-0.4, -0.2) is 11.7 Å². The Morgan fingerprint density at radius 2 is 1.33 bits per heavy atom. The van der Waals surface area contributed by atoms with Crippen LogP contribution < -0.4 is 4.74 Å². The summed E-state index contributed by atoms with van der Waals surface area (Å²) < 4.78 is 83.7. The van der Waals surface area contributed by atoms with E-state index in [0.29, 0.717) is 28.3 Å². The van der Waals surface area contributed by atoms with Gasteiger partial charge in [0.1, 0.15) is 10.8 Å². The summed E-state index contributed by atoms with van der Waals surface area (Å²) in [5, 5.41) is 3.20. The molecule has 0 radical (unpaired) electrons. The molecule has 12 heteroatoms. The molecule has 0 bridgehead atoms. The van der Waals surface area contributed by atoms with E-state index >= 15 is 0 Å². The first-order chi connectivity index (χ1) is 21.8. The standard InChI is InChI=1S/C34H26F6N2O2S2/c1-20-17-28(15-16-29(20)44-19-41-43)45-30(31-21(2)42-32(46-31)25-9-13-27(14-10-25)34(38,39)40)18-22-3-5-23(6-4-22)24-7-11-26(12-8-24)33(35,36)37/h3-17,30H,18-19H2,1-2H3. The van der Waals surface area contributed by atoms with E-state index in [-0.39, 0.29) is 12.0 Å². The van der Waals surface area contributed by atoms with Gasteiger partial charge in [0.25, 0.3) is 0 Å². The number of aryl methyl sites for hydroxylation is 2. The highest BCUT2D eigenvalue weighted by Gasteiger charge is 2.31. The van der Waals surface area contributed by atoms with Gasteiger partial charge in [0.05, 0.1) is 16.8 Å². The minimum atomic E-state index is -4.44. The molecule has 4 aromatic carbocycles. The van der Waals surface area contributed by atoms with Gasteiger partial charge in [-0.2, -0.15) is 26.3 Å². The molecule has 0 fully saturated rings. The largest absolute Gasteiger partial charge is 0.468 e. The normalized spacial score (nSPS) is 12.6. The lowest BCUT2D eigenvalue weighted by Crippen LogP contribution is -2.04. The lowest BCUT2D eigenvalue weighted by molar-refractivity contribution is -0.138. The Morgan fingerprint density at radius 3 is 1.85 bits per heavy atom. The zero-order valence-corrected chi connectivity index (χ0v) is 26.1. The highest BCUT2D eigenvalue weighted by Crippen LogP contribution is 2.45. The number of nitroso groups, excluding NO2 is 1. The van der Waals surface area contributed by atoms with Crippen LogP contribution in [-0.2, 0) is 18.8 Å². The van der Waals surface area contributed by atoms with Gasteiger partial charge in [0, 0.05) is 20.6 Å².